The monoisotopic (exact) mass is 300 g/mol. The average Bonchev–Trinajstić information content (AvgIpc) is 2.83. The molecule has 1 aromatic carbocycles. The van der Waals surface area contributed by atoms with Crippen LogP contribution in [-0.4, -0.2) is 4.40 Å². The van der Waals surface area contributed by atoms with Gasteiger partial charge in [0.15, 0.2) is 0 Å². The minimum atomic E-state index is -0.298. The number of aromatic nitrogens is 1. The highest BCUT2D eigenvalue weighted by atomic mass is 32.1. The molecule has 0 spiro atoms. The summed E-state index contributed by atoms with van der Waals surface area (Å²) >= 11 is 1.56. The van der Waals surface area contributed by atoms with E-state index in [1.54, 1.807) is 27.9 Å². The van der Waals surface area contributed by atoms with E-state index >= 15 is 0 Å². The zero-order valence-electron chi connectivity index (χ0n) is 11.9. The van der Waals surface area contributed by atoms with Gasteiger partial charge in [0, 0.05) is 11.1 Å². The predicted molar refractivity (Wildman–Crippen MR) is 85.4 cm³/mol. The van der Waals surface area contributed by atoms with Crippen LogP contribution in [0.25, 0.3) is 16.0 Å². The number of aryl methyl sites for hydroxylation is 1. The van der Waals surface area contributed by atoms with Crippen LogP contribution in [0.2, 0.25) is 0 Å². The molecule has 2 nitrogen and oxygen atoms in total. The van der Waals surface area contributed by atoms with Crippen LogP contribution in [0.15, 0.2) is 40.5 Å². The third kappa shape index (κ3) is 2.40. The third-order valence-corrected chi connectivity index (χ3v) is 4.47. The predicted octanol–water partition coefficient (Wildman–Crippen LogP) is 4.44. The molecule has 0 aliphatic heterocycles. The maximum absolute atomic E-state index is 13.1. The summed E-state index contributed by atoms with van der Waals surface area (Å²) in [4.78, 5) is 13.8. The van der Waals surface area contributed by atoms with E-state index in [1.165, 1.54) is 12.1 Å². The van der Waals surface area contributed by atoms with Crippen molar-refractivity contribution >= 4 is 16.2 Å². The van der Waals surface area contributed by atoms with E-state index in [2.05, 4.69) is 0 Å². The number of rotatable bonds is 3. The molecule has 0 fully saturated rings. The van der Waals surface area contributed by atoms with Crippen molar-refractivity contribution in [1.29, 1.82) is 0 Å². The summed E-state index contributed by atoms with van der Waals surface area (Å²) in [5.74, 6) is -0.298. The van der Waals surface area contributed by atoms with Crippen molar-refractivity contribution in [1.82, 2.24) is 4.40 Å². The Bertz CT molecular complexity index is 846. The second kappa shape index (κ2) is 5.45. The van der Waals surface area contributed by atoms with Crippen LogP contribution in [-0.2, 0) is 0 Å². The summed E-state index contributed by atoms with van der Waals surface area (Å²) in [5, 5.41) is 1.97. The molecule has 0 saturated carbocycles. The Morgan fingerprint density at radius 2 is 2.00 bits per heavy atom. The topological polar surface area (TPSA) is 21.5 Å². The van der Waals surface area contributed by atoms with Gasteiger partial charge in [-0.1, -0.05) is 19.1 Å². The lowest BCUT2D eigenvalue weighted by atomic mass is 9.98. The van der Waals surface area contributed by atoms with Gasteiger partial charge >= 0.3 is 0 Å². The van der Waals surface area contributed by atoms with Crippen LogP contribution < -0.4 is 5.56 Å². The first-order valence-electron chi connectivity index (χ1n) is 6.85. The molecule has 1 radical (unpaired) electrons. The number of nitrogens with zero attached hydrogens (tertiary/aromatic N) is 1. The van der Waals surface area contributed by atoms with E-state index in [-0.39, 0.29) is 11.4 Å². The standard InChI is InChI=1S/C17H15FNOS/c1-3-4-13-9-15-19(11(2)10-21-15)17(20)16(13)12-5-7-14(18)8-6-12/h4-10H,3H2,1-2H3. The van der Waals surface area contributed by atoms with E-state index in [1.807, 2.05) is 31.7 Å². The lowest BCUT2D eigenvalue weighted by molar-refractivity contribution is 0.628. The minimum absolute atomic E-state index is 0.0439. The smallest absolute Gasteiger partial charge is 0.264 e. The molecule has 2 heterocycles. The third-order valence-electron chi connectivity index (χ3n) is 3.46. The van der Waals surface area contributed by atoms with Crippen LogP contribution >= 0.6 is 11.3 Å². The highest BCUT2D eigenvalue weighted by molar-refractivity contribution is 7.15. The first-order valence-corrected chi connectivity index (χ1v) is 7.72. The number of halogens is 1. The summed E-state index contributed by atoms with van der Waals surface area (Å²) in [6, 6.07) is 8.13. The zero-order chi connectivity index (χ0) is 15.0. The molecule has 3 rings (SSSR count). The van der Waals surface area contributed by atoms with Gasteiger partial charge in [0.25, 0.3) is 5.56 Å². The highest BCUT2D eigenvalue weighted by Gasteiger charge is 2.15. The molecule has 0 aliphatic rings. The van der Waals surface area contributed by atoms with Gasteiger partial charge in [-0.2, -0.15) is 0 Å². The number of thiazole rings is 1. The SMILES string of the molecule is CC[CH]c1cc2scc(C)n2c(=O)c1-c1ccc(F)cc1. The summed E-state index contributed by atoms with van der Waals surface area (Å²) in [7, 11) is 0. The molecule has 4 heteroatoms. The van der Waals surface area contributed by atoms with E-state index in [4.69, 9.17) is 0 Å². The van der Waals surface area contributed by atoms with Gasteiger partial charge in [-0.25, -0.2) is 4.39 Å². The number of pyridine rings is 1. The number of fused-ring (bicyclic) bond motifs is 1. The van der Waals surface area contributed by atoms with Gasteiger partial charge in [0.05, 0.1) is 5.56 Å². The molecule has 3 aromatic rings. The van der Waals surface area contributed by atoms with Crippen molar-refractivity contribution in [2.75, 3.05) is 0 Å². The van der Waals surface area contributed by atoms with Crippen molar-refractivity contribution in [3.05, 3.63) is 69.6 Å². The Hall–Kier alpha value is -1.94. The normalized spacial score (nSPS) is 11.2. The van der Waals surface area contributed by atoms with Crippen molar-refractivity contribution < 1.29 is 4.39 Å². The van der Waals surface area contributed by atoms with Crippen LogP contribution in [0, 0.1) is 19.2 Å². The minimum Gasteiger partial charge on any atom is -0.271 e. The van der Waals surface area contributed by atoms with Crippen molar-refractivity contribution in [2.45, 2.75) is 20.3 Å². The molecule has 21 heavy (non-hydrogen) atoms. The molecule has 0 atom stereocenters. The van der Waals surface area contributed by atoms with E-state index in [9.17, 15) is 9.18 Å². The Morgan fingerprint density at radius 3 is 2.67 bits per heavy atom. The fourth-order valence-corrected chi connectivity index (χ4v) is 3.44. The Labute approximate surface area is 126 Å². The molecule has 0 N–H and O–H groups in total. The average molecular weight is 300 g/mol. The Balaban J connectivity index is 2.35. The largest absolute Gasteiger partial charge is 0.271 e. The van der Waals surface area contributed by atoms with Gasteiger partial charge < -0.3 is 0 Å². The second-order valence-electron chi connectivity index (χ2n) is 4.95. The van der Waals surface area contributed by atoms with E-state index in [0.717, 1.165) is 28.1 Å². The summed E-state index contributed by atoms with van der Waals surface area (Å²) < 4.78 is 14.8. The lowest BCUT2D eigenvalue weighted by Crippen LogP contribution is -2.17. The molecule has 0 unspecified atom stereocenters. The summed E-state index contributed by atoms with van der Waals surface area (Å²) in [6.45, 7) is 3.96. The van der Waals surface area contributed by atoms with Crippen LogP contribution in [0.3, 0.4) is 0 Å². The summed E-state index contributed by atoms with van der Waals surface area (Å²) in [5.41, 5.74) is 3.18. The zero-order valence-corrected chi connectivity index (χ0v) is 12.7. The number of hydrogen-bond donors (Lipinski definition) is 0. The molecular formula is C17H15FNOS. The quantitative estimate of drug-likeness (QED) is 0.701. The molecular weight excluding hydrogens is 285 g/mol. The Kier molecular flexibility index (Phi) is 3.64. The number of hydrogen-bond acceptors (Lipinski definition) is 2. The van der Waals surface area contributed by atoms with Crippen LogP contribution in [0.4, 0.5) is 4.39 Å². The molecule has 107 valence electrons. The van der Waals surface area contributed by atoms with Gasteiger partial charge in [-0.15, -0.1) is 11.3 Å². The van der Waals surface area contributed by atoms with Crippen LogP contribution in [0.5, 0.6) is 0 Å². The molecule has 0 aliphatic carbocycles. The highest BCUT2D eigenvalue weighted by Crippen LogP contribution is 2.26. The fraction of sp³-hybridized carbons (Fsp3) is 0.176. The van der Waals surface area contributed by atoms with Gasteiger partial charge in [0.1, 0.15) is 10.6 Å². The van der Waals surface area contributed by atoms with Crippen molar-refractivity contribution in [3.63, 3.8) is 0 Å². The van der Waals surface area contributed by atoms with Gasteiger partial charge in [0.2, 0.25) is 0 Å². The fourth-order valence-electron chi connectivity index (χ4n) is 2.51. The van der Waals surface area contributed by atoms with Crippen LogP contribution in [0.1, 0.15) is 24.6 Å². The van der Waals surface area contributed by atoms with E-state index in [0.29, 0.717) is 5.56 Å². The molecule has 2 aromatic heterocycles. The number of benzene rings is 1. The second-order valence-corrected chi connectivity index (χ2v) is 5.84. The van der Waals surface area contributed by atoms with Gasteiger partial charge in [-0.05, 0) is 49.1 Å². The Morgan fingerprint density at radius 1 is 1.29 bits per heavy atom. The first-order chi connectivity index (χ1) is 10.1. The van der Waals surface area contributed by atoms with Gasteiger partial charge in [-0.3, -0.25) is 9.20 Å². The van der Waals surface area contributed by atoms with Crippen molar-refractivity contribution in [3.8, 4) is 11.1 Å². The molecule has 0 saturated heterocycles. The maximum atomic E-state index is 13.1. The lowest BCUT2D eigenvalue weighted by Gasteiger charge is -2.10. The van der Waals surface area contributed by atoms with E-state index < -0.39 is 0 Å². The molecule has 0 bridgehead atoms. The molecule has 0 amide bonds. The maximum Gasteiger partial charge on any atom is 0.264 e. The van der Waals surface area contributed by atoms with Crippen molar-refractivity contribution in [2.24, 2.45) is 0 Å². The first kappa shape index (κ1) is 14.0. The summed E-state index contributed by atoms with van der Waals surface area (Å²) in [6.07, 6.45) is 2.88.